The van der Waals surface area contributed by atoms with Gasteiger partial charge in [0.25, 0.3) is 0 Å². The van der Waals surface area contributed by atoms with Crippen molar-refractivity contribution >= 4 is 11.8 Å². The zero-order chi connectivity index (χ0) is 16.1. The van der Waals surface area contributed by atoms with E-state index in [2.05, 4.69) is 5.32 Å². The van der Waals surface area contributed by atoms with Gasteiger partial charge in [-0.25, -0.2) is 0 Å². The number of rotatable bonds is 4. The molecule has 120 valence electrons. The Morgan fingerprint density at radius 2 is 1.86 bits per heavy atom. The van der Waals surface area contributed by atoms with Crippen molar-refractivity contribution in [3.63, 3.8) is 0 Å². The minimum Gasteiger partial charge on any atom is -0.353 e. The van der Waals surface area contributed by atoms with Gasteiger partial charge in [0.1, 0.15) is 0 Å². The molecule has 1 N–H and O–H groups in total. The molecule has 0 aliphatic carbocycles. The summed E-state index contributed by atoms with van der Waals surface area (Å²) in [6, 6.07) is 8.23. The van der Waals surface area contributed by atoms with Gasteiger partial charge in [-0.3, -0.25) is 9.59 Å². The average Bonchev–Trinajstić information content (AvgIpc) is 2.50. The van der Waals surface area contributed by atoms with E-state index in [4.69, 9.17) is 0 Å². The third-order valence-corrected chi connectivity index (χ3v) is 4.32. The van der Waals surface area contributed by atoms with Crippen LogP contribution < -0.4 is 5.32 Å². The summed E-state index contributed by atoms with van der Waals surface area (Å²) in [5.41, 5.74) is 2.26. The maximum Gasteiger partial charge on any atom is 0.227 e. The van der Waals surface area contributed by atoms with Gasteiger partial charge in [0.15, 0.2) is 0 Å². The Labute approximate surface area is 132 Å². The van der Waals surface area contributed by atoms with Crippen molar-refractivity contribution < 1.29 is 9.59 Å². The summed E-state index contributed by atoms with van der Waals surface area (Å²) in [5.74, 6) is 0.299. The number of nitrogens with one attached hydrogen (secondary N) is 1. The van der Waals surface area contributed by atoms with Crippen LogP contribution in [0.15, 0.2) is 24.3 Å². The number of amides is 2. The lowest BCUT2D eigenvalue weighted by Gasteiger charge is -2.33. The highest BCUT2D eigenvalue weighted by atomic mass is 16.2. The van der Waals surface area contributed by atoms with E-state index in [0.29, 0.717) is 6.42 Å². The zero-order valence-corrected chi connectivity index (χ0v) is 13.8. The quantitative estimate of drug-likeness (QED) is 0.928. The molecule has 22 heavy (non-hydrogen) atoms. The summed E-state index contributed by atoms with van der Waals surface area (Å²) in [5, 5.41) is 3.06. The van der Waals surface area contributed by atoms with Gasteiger partial charge in [-0.15, -0.1) is 0 Å². The third kappa shape index (κ3) is 4.33. The van der Waals surface area contributed by atoms with E-state index in [9.17, 15) is 9.59 Å². The van der Waals surface area contributed by atoms with Gasteiger partial charge in [0.2, 0.25) is 11.8 Å². The van der Waals surface area contributed by atoms with Crippen LogP contribution >= 0.6 is 0 Å². The molecule has 1 heterocycles. The molecule has 1 aromatic rings. The van der Waals surface area contributed by atoms with Gasteiger partial charge in [-0.05, 0) is 30.9 Å². The summed E-state index contributed by atoms with van der Waals surface area (Å²) >= 11 is 0. The van der Waals surface area contributed by atoms with Gasteiger partial charge >= 0.3 is 0 Å². The first-order valence-electron chi connectivity index (χ1n) is 8.10. The Bertz CT molecular complexity index is 532. The fraction of sp³-hybridized carbons (Fsp3) is 0.556. The van der Waals surface area contributed by atoms with Crippen molar-refractivity contribution in [1.29, 1.82) is 0 Å². The molecule has 0 spiro atoms. The predicted octanol–water partition coefficient (Wildman–Crippen LogP) is 2.30. The van der Waals surface area contributed by atoms with E-state index in [1.807, 2.05) is 49.9 Å². The molecule has 1 aliphatic heterocycles. The van der Waals surface area contributed by atoms with Gasteiger partial charge in [0.05, 0.1) is 6.42 Å². The molecule has 0 saturated carbocycles. The maximum absolute atomic E-state index is 12.4. The van der Waals surface area contributed by atoms with E-state index in [1.165, 1.54) is 0 Å². The molecular weight excluding hydrogens is 276 g/mol. The number of hydrogen-bond donors (Lipinski definition) is 1. The highest BCUT2D eigenvalue weighted by Gasteiger charge is 2.24. The van der Waals surface area contributed by atoms with Crippen LogP contribution in [-0.2, 0) is 16.0 Å². The second-order valence-corrected chi connectivity index (χ2v) is 6.42. The topological polar surface area (TPSA) is 49.4 Å². The maximum atomic E-state index is 12.4. The molecule has 4 heteroatoms. The van der Waals surface area contributed by atoms with E-state index < -0.39 is 0 Å². The molecule has 2 amide bonds. The molecule has 0 aromatic heterocycles. The Hall–Kier alpha value is -1.84. The van der Waals surface area contributed by atoms with Crippen molar-refractivity contribution in [3.8, 4) is 0 Å². The Kier molecular flexibility index (Phi) is 5.58. The van der Waals surface area contributed by atoms with Crippen LogP contribution in [0.4, 0.5) is 0 Å². The minimum absolute atomic E-state index is 0.0146. The molecule has 1 saturated heterocycles. The summed E-state index contributed by atoms with van der Waals surface area (Å²) < 4.78 is 0. The van der Waals surface area contributed by atoms with Gasteiger partial charge in [-0.1, -0.05) is 38.1 Å². The highest BCUT2D eigenvalue weighted by molar-refractivity contribution is 5.79. The first kappa shape index (κ1) is 16.5. The van der Waals surface area contributed by atoms with Crippen LogP contribution in [0.2, 0.25) is 0 Å². The van der Waals surface area contributed by atoms with Crippen LogP contribution in [0.5, 0.6) is 0 Å². The Morgan fingerprint density at radius 1 is 1.23 bits per heavy atom. The molecule has 4 nitrogen and oxygen atoms in total. The van der Waals surface area contributed by atoms with E-state index >= 15 is 0 Å². The SMILES string of the molecule is Cc1ccccc1CC(=O)N1CCC(NC(=O)C(C)C)CC1. The fourth-order valence-electron chi connectivity index (χ4n) is 2.72. The number of nitrogens with zero attached hydrogens (tertiary/aromatic N) is 1. The largest absolute Gasteiger partial charge is 0.353 e. The number of aryl methyl sites for hydroxylation is 1. The molecule has 1 aliphatic rings. The molecule has 0 bridgehead atoms. The minimum atomic E-state index is 0.0146. The van der Waals surface area contributed by atoms with Crippen molar-refractivity contribution in [3.05, 3.63) is 35.4 Å². The number of likely N-dealkylation sites (tertiary alicyclic amines) is 1. The van der Waals surface area contributed by atoms with Crippen molar-refractivity contribution in [1.82, 2.24) is 10.2 Å². The van der Waals surface area contributed by atoms with Crippen LogP contribution in [0.1, 0.15) is 37.8 Å². The predicted molar refractivity (Wildman–Crippen MR) is 87.5 cm³/mol. The van der Waals surface area contributed by atoms with Crippen LogP contribution in [-0.4, -0.2) is 35.8 Å². The number of carbonyl (C=O) groups is 2. The van der Waals surface area contributed by atoms with E-state index in [1.54, 1.807) is 0 Å². The summed E-state index contributed by atoms with van der Waals surface area (Å²) in [6.45, 7) is 7.30. The number of piperidine rings is 1. The first-order valence-corrected chi connectivity index (χ1v) is 8.10. The zero-order valence-electron chi connectivity index (χ0n) is 13.8. The average molecular weight is 302 g/mol. The van der Waals surface area contributed by atoms with Crippen LogP contribution in [0.3, 0.4) is 0 Å². The monoisotopic (exact) mass is 302 g/mol. The lowest BCUT2D eigenvalue weighted by Crippen LogP contribution is -2.47. The van der Waals surface area contributed by atoms with Crippen molar-refractivity contribution in [2.24, 2.45) is 5.92 Å². The normalized spacial score (nSPS) is 15.9. The lowest BCUT2D eigenvalue weighted by atomic mass is 10.0. The Morgan fingerprint density at radius 3 is 2.45 bits per heavy atom. The smallest absolute Gasteiger partial charge is 0.227 e. The standard InChI is InChI=1S/C18H26N2O2/c1-13(2)18(22)19-16-8-10-20(11-9-16)17(21)12-15-7-5-4-6-14(15)3/h4-7,13,16H,8-12H2,1-3H3,(H,19,22). The van der Waals surface area contributed by atoms with Crippen LogP contribution in [0.25, 0.3) is 0 Å². The fourth-order valence-corrected chi connectivity index (χ4v) is 2.72. The highest BCUT2D eigenvalue weighted by Crippen LogP contribution is 2.14. The van der Waals surface area contributed by atoms with E-state index in [-0.39, 0.29) is 23.8 Å². The molecule has 0 atom stereocenters. The number of hydrogen-bond acceptors (Lipinski definition) is 2. The molecule has 0 unspecified atom stereocenters. The lowest BCUT2D eigenvalue weighted by molar-refractivity contribution is -0.131. The van der Waals surface area contributed by atoms with Crippen LogP contribution in [0, 0.1) is 12.8 Å². The van der Waals surface area contributed by atoms with E-state index in [0.717, 1.165) is 37.1 Å². The van der Waals surface area contributed by atoms with Crippen molar-refractivity contribution in [2.75, 3.05) is 13.1 Å². The Balaban J connectivity index is 1.83. The molecular formula is C18H26N2O2. The summed E-state index contributed by atoms with van der Waals surface area (Å²) in [4.78, 5) is 26.0. The van der Waals surface area contributed by atoms with Gasteiger partial charge < -0.3 is 10.2 Å². The summed E-state index contributed by atoms with van der Waals surface area (Å²) in [7, 11) is 0. The van der Waals surface area contributed by atoms with Gasteiger partial charge in [-0.2, -0.15) is 0 Å². The number of benzene rings is 1. The third-order valence-electron chi connectivity index (χ3n) is 4.32. The first-order chi connectivity index (χ1) is 10.5. The molecule has 1 aromatic carbocycles. The molecule has 0 radical (unpaired) electrons. The second kappa shape index (κ2) is 7.43. The van der Waals surface area contributed by atoms with Crippen molar-refractivity contribution in [2.45, 2.75) is 46.1 Å². The second-order valence-electron chi connectivity index (χ2n) is 6.42. The molecule has 1 fully saturated rings. The number of carbonyl (C=O) groups excluding carboxylic acids is 2. The van der Waals surface area contributed by atoms with Gasteiger partial charge in [0, 0.05) is 25.0 Å². The molecule has 2 rings (SSSR count). The summed E-state index contributed by atoms with van der Waals surface area (Å²) in [6.07, 6.45) is 2.16.